The number of imidazole rings is 1. The summed E-state index contributed by atoms with van der Waals surface area (Å²) >= 11 is 0. The van der Waals surface area contributed by atoms with Crippen molar-refractivity contribution in [2.24, 2.45) is 0 Å². The van der Waals surface area contributed by atoms with E-state index in [1.165, 1.54) is 24.3 Å². The molecular formula is C23H22F4N4O3. The number of fused-ring (bicyclic) bond motifs is 1. The second-order valence-electron chi connectivity index (χ2n) is 7.59. The van der Waals surface area contributed by atoms with Crippen LogP contribution in [-0.4, -0.2) is 64.5 Å². The molecule has 1 saturated heterocycles. The third-order valence-corrected chi connectivity index (χ3v) is 5.32. The Morgan fingerprint density at radius 3 is 2.50 bits per heavy atom. The van der Waals surface area contributed by atoms with Gasteiger partial charge in [0.05, 0.1) is 5.69 Å². The summed E-state index contributed by atoms with van der Waals surface area (Å²) in [6.45, 7) is -3.28. The Hall–Kier alpha value is -3.60. The molecule has 0 radical (unpaired) electrons. The highest BCUT2D eigenvalue weighted by Crippen LogP contribution is 2.28. The normalized spacial score (nSPS) is 15.1. The molecule has 0 saturated carbocycles. The molecule has 1 aliphatic rings. The predicted octanol–water partition coefficient (Wildman–Crippen LogP) is 3.89. The second kappa shape index (κ2) is 10.6. The van der Waals surface area contributed by atoms with Crippen LogP contribution in [0.5, 0.6) is 11.5 Å². The lowest BCUT2D eigenvalue weighted by Gasteiger charge is -2.33. The first-order valence-corrected chi connectivity index (χ1v) is 10.5. The maximum atomic E-state index is 12.7. The van der Waals surface area contributed by atoms with E-state index in [9.17, 15) is 22.4 Å². The van der Waals surface area contributed by atoms with Crippen LogP contribution in [0.15, 0.2) is 54.9 Å². The fraction of sp³-hybridized carbons (Fsp3) is 0.304. The summed E-state index contributed by atoms with van der Waals surface area (Å²) in [5.41, 5.74) is 1.96. The Morgan fingerprint density at radius 1 is 1.03 bits per heavy atom. The highest BCUT2D eigenvalue weighted by molar-refractivity contribution is 5.92. The van der Waals surface area contributed by atoms with Crippen molar-refractivity contribution < 1.29 is 31.8 Å². The van der Waals surface area contributed by atoms with Gasteiger partial charge in [0.15, 0.2) is 0 Å². The van der Waals surface area contributed by atoms with Crippen LogP contribution in [0.25, 0.3) is 11.7 Å². The number of nitrogens with zero attached hydrogens (tertiary/aromatic N) is 4. The molecule has 180 valence electrons. The van der Waals surface area contributed by atoms with E-state index in [0.717, 1.165) is 17.4 Å². The maximum absolute atomic E-state index is 12.7. The van der Waals surface area contributed by atoms with Gasteiger partial charge in [-0.25, -0.2) is 4.98 Å². The summed E-state index contributed by atoms with van der Waals surface area (Å²) < 4.78 is 60.8. The highest BCUT2D eigenvalue weighted by Gasteiger charge is 2.21. The monoisotopic (exact) mass is 478 g/mol. The zero-order valence-corrected chi connectivity index (χ0v) is 18.0. The zero-order valence-electron chi connectivity index (χ0n) is 18.0. The van der Waals surface area contributed by atoms with E-state index in [1.54, 1.807) is 4.90 Å². The smallest absolute Gasteiger partial charge is 0.387 e. The van der Waals surface area contributed by atoms with E-state index in [0.29, 0.717) is 32.7 Å². The number of hydrogen-bond acceptors (Lipinski definition) is 5. The van der Waals surface area contributed by atoms with Gasteiger partial charge in [-0.05, 0) is 30.3 Å². The van der Waals surface area contributed by atoms with Gasteiger partial charge in [0.1, 0.15) is 17.1 Å². The van der Waals surface area contributed by atoms with Crippen molar-refractivity contribution in [3.8, 4) is 11.5 Å². The Bertz CT molecular complexity index is 1130. The second-order valence-corrected chi connectivity index (χ2v) is 7.59. The van der Waals surface area contributed by atoms with Crippen molar-refractivity contribution in [3.63, 3.8) is 0 Å². The number of amides is 1. The molecule has 4 rings (SSSR count). The van der Waals surface area contributed by atoms with Gasteiger partial charge in [-0.15, -0.1) is 0 Å². The molecule has 1 amide bonds. The lowest BCUT2D eigenvalue weighted by molar-refractivity contribution is -0.127. The summed E-state index contributed by atoms with van der Waals surface area (Å²) in [5.74, 6) is -0.978. The van der Waals surface area contributed by atoms with Crippen LogP contribution in [0.2, 0.25) is 0 Å². The van der Waals surface area contributed by atoms with Crippen molar-refractivity contribution in [2.75, 3.05) is 26.2 Å². The number of alkyl halides is 4. The fourth-order valence-corrected chi connectivity index (χ4v) is 3.71. The van der Waals surface area contributed by atoms with Crippen LogP contribution in [0.1, 0.15) is 11.3 Å². The number of aromatic nitrogens is 2. The quantitative estimate of drug-likeness (QED) is 0.363. The largest absolute Gasteiger partial charge is 0.435 e. The lowest BCUT2D eigenvalue weighted by atomic mass is 10.1. The van der Waals surface area contributed by atoms with Crippen molar-refractivity contribution in [1.82, 2.24) is 19.2 Å². The summed E-state index contributed by atoms with van der Waals surface area (Å²) in [6, 6.07) is 9.19. The molecule has 1 aromatic carbocycles. The molecule has 34 heavy (non-hydrogen) atoms. The molecule has 1 aliphatic heterocycles. The molecule has 1 fully saturated rings. The van der Waals surface area contributed by atoms with Gasteiger partial charge in [-0.2, -0.15) is 17.6 Å². The van der Waals surface area contributed by atoms with Gasteiger partial charge in [-0.1, -0.05) is 6.07 Å². The molecule has 11 heteroatoms. The third-order valence-electron chi connectivity index (χ3n) is 5.32. The van der Waals surface area contributed by atoms with E-state index in [-0.39, 0.29) is 23.0 Å². The van der Waals surface area contributed by atoms with Gasteiger partial charge >= 0.3 is 13.2 Å². The number of hydrogen-bond donors (Lipinski definition) is 0. The molecule has 7 nitrogen and oxygen atoms in total. The molecule has 0 atom stereocenters. The van der Waals surface area contributed by atoms with Gasteiger partial charge < -0.3 is 18.8 Å². The topological polar surface area (TPSA) is 59.3 Å². The van der Waals surface area contributed by atoms with Crippen molar-refractivity contribution in [1.29, 1.82) is 0 Å². The van der Waals surface area contributed by atoms with E-state index < -0.39 is 13.2 Å². The van der Waals surface area contributed by atoms with Crippen molar-refractivity contribution in [2.45, 2.75) is 19.8 Å². The van der Waals surface area contributed by atoms with Crippen LogP contribution in [-0.2, 0) is 11.3 Å². The molecule has 0 aliphatic carbocycles. The molecule has 0 unspecified atom stereocenters. The zero-order chi connectivity index (χ0) is 24.1. The third kappa shape index (κ3) is 6.04. The Labute approximate surface area is 192 Å². The van der Waals surface area contributed by atoms with Crippen LogP contribution < -0.4 is 9.47 Å². The molecule has 0 bridgehead atoms. The lowest BCUT2D eigenvalue weighted by Crippen LogP contribution is -2.47. The van der Waals surface area contributed by atoms with Crippen LogP contribution in [0, 0.1) is 0 Å². The predicted molar refractivity (Wildman–Crippen MR) is 116 cm³/mol. The number of carbonyl (C=O) groups excluding carboxylic acids is 1. The maximum Gasteiger partial charge on any atom is 0.387 e. The molecule has 0 spiro atoms. The first kappa shape index (κ1) is 23.6. The van der Waals surface area contributed by atoms with E-state index in [2.05, 4.69) is 19.4 Å². The van der Waals surface area contributed by atoms with Gasteiger partial charge in [0, 0.05) is 62.8 Å². The van der Waals surface area contributed by atoms with E-state index in [1.807, 2.05) is 35.0 Å². The number of halogens is 4. The minimum atomic E-state index is -3.16. The van der Waals surface area contributed by atoms with Gasteiger partial charge in [0.2, 0.25) is 5.91 Å². The average molecular weight is 478 g/mol. The van der Waals surface area contributed by atoms with Gasteiger partial charge in [0.25, 0.3) is 0 Å². The van der Waals surface area contributed by atoms with Crippen LogP contribution in [0.4, 0.5) is 17.6 Å². The number of pyridine rings is 1. The standard InChI is InChI=1S/C23H22F4N4O3/c24-22(25)33-18-6-4-16(19(13-18)34-23(26)27)5-7-21(32)30-11-9-29(10-12-30)14-17-15-31-8-2-1-3-20(31)28-17/h1-8,13,15,22-23H,9-12,14H2/b7-5+. The number of ether oxygens (including phenoxy) is 2. The van der Waals surface area contributed by atoms with Crippen LogP contribution in [0.3, 0.4) is 0 Å². The van der Waals surface area contributed by atoms with E-state index >= 15 is 0 Å². The minimum Gasteiger partial charge on any atom is -0.435 e. The fourth-order valence-electron chi connectivity index (χ4n) is 3.71. The highest BCUT2D eigenvalue weighted by atomic mass is 19.3. The summed E-state index contributed by atoms with van der Waals surface area (Å²) in [6.07, 6.45) is 6.48. The number of carbonyl (C=O) groups is 1. The summed E-state index contributed by atoms with van der Waals surface area (Å²) in [4.78, 5) is 21.0. The van der Waals surface area contributed by atoms with E-state index in [4.69, 9.17) is 0 Å². The number of rotatable bonds is 8. The molecule has 3 aromatic rings. The Balaban J connectivity index is 1.34. The Kier molecular flexibility index (Phi) is 7.31. The van der Waals surface area contributed by atoms with Crippen molar-refractivity contribution >= 4 is 17.6 Å². The molecule has 2 aromatic heterocycles. The first-order valence-electron chi connectivity index (χ1n) is 10.5. The first-order chi connectivity index (χ1) is 16.4. The molecule has 3 heterocycles. The average Bonchev–Trinajstić information content (AvgIpc) is 3.20. The summed E-state index contributed by atoms with van der Waals surface area (Å²) in [5, 5.41) is 0. The minimum absolute atomic E-state index is 0.140. The number of benzene rings is 1. The Morgan fingerprint density at radius 2 is 1.79 bits per heavy atom. The number of piperazine rings is 1. The molecule has 0 N–H and O–H groups in total. The van der Waals surface area contributed by atoms with Gasteiger partial charge in [-0.3, -0.25) is 9.69 Å². The SMILES string of the molecule is O=C(/C=C/c1ccc(OC(F)F)cc1OC(F)F)N1CCN(Cc2cn3ccccc3n2)CC1. The van der Waals surface area contributed by atoms with Crippen LogP contribution >= 0.6 is 0 Å². The summed E-state index contributed by atoms with van der Waals surface area (Å²) in [7, 11) is 0. The van der Waals surface area contributed by atoms with Crippen molar-refractivity contribution in [3.05, 3.63) is 66.1 Å². The molecular weight excluding hydrogens is 456 g/mol.